The van der Waals surface area contributed by atoms with Crippen molar-refractivity contribution in [1.82, 2.24) is 0 Å². The number of thiophene rings is 1. The number of carboxylic acids is 1. The first-order valence-corrected chi connectivity index (χ1v) is 4.05. The van der Waals surface area contributed by atoms with Crippen LogP contribution in [0.5, 0.6) is 0 Å². The van der Waals surface area contributed by atoms with Crippen LogP contribution in [0.25, 0.3) is 0 Å². The second-order valence-corrected chi connectivity index (χ2v) is 3.12. The number of aryl methyl sites for hydroxylation is 1. The lowest BCUT2D eigenvalue weighted by Gasteiger charge is -1.95. The molecule has 0 aliphatic heterocycles. The van der Waals surface area contributed by atoms with Crippen LogP contribution in [-0.2, 0) is 6.54 Å². The molecule has 0 aliphatic rings. The van der Waals surface area contributed by atoms with Crippen molar-refractivity contribution in [1.29, 1.82) is 0 Å². The van der Waals surface area contributed by atoms with Crippen LogP contribution in [0.2, 0.25) is 0 Å². The summed E-state index contributed by atoms with van der Waals surface area (Å²) in [5.74, 6) is -0.886. The molecule has 0 saturated heterocycles. The highest BCUT2D eigenvalue weighted by atomic mass is 32.1. The first kappa shape index (κ1) is 8.23. The molecule has 0 amide bonds. The van der Waals surface area contributed by atoms with Crippen LogP contribution in [-0.4, -0.2) is 11.1 Å². The molecule has 0 radical (unpaired) electrons. The fourth-order valence-corrected chi connectivity index (χ4v) is 1.83. The molecule has 3 nitrogen and oxygen atoms in total. The topological polar surface area (TPSA) is 63.3 Å². The molecule has 1 rings (SSSR count). The molecule has 4 heteroatoms. The predicted molar refractivity (Wildman–Crippen MR) is 43.9 cm³/mol. The van der Waals surface area contributed by atoms with E-state index >= 15 is 0 Å². The first-order valence-electron chi connectivity index (χ1n) is 3.17. The number of nitrogens with two attached hydrogens (primary N) is 1. The van der Waals surface area contributed by atoms with Gasteiger partial charge >= 0.3 is 5.97 Å². The van der Waals surface area contributed by atoms with Crippen molar-refractivity contribution in [2.24, 2.45) is 5.73 Å². The Kier molecular flexibility index (Phi) is 2.26. The molecule has 1 aromatic rings. The summed E-state index contributed by atoms with van der Waals surface area (Å²) in [7, 11) is 0. The van der Waals surface area contributed by atoms with Crippen molar-refractivity contribution in [2.45, 2.75) is 13.5 Å². The number of aromatic carboxylic acids is 1. The van der Waals surface area contributed by atoms with Gasteiger partial charge in [-0.15, -0.1) is 11.3 Å². The summed E-state index contributed by atoms with van der Waals surface area (Å²) in [6.45, 7) is 2.17. The molecule has 3 N–H and O–H groups in total. The van der Waals surface area contributed by atoms with Crippen molar-refractivity contribution in [3.63, 3.8) is 0 Å². The van der Waals surface area contributed by atoms with E-state index in [-0.39, 0.29) is 0 Å². The minimum Gasteiger partial charge on any atom is -0.477 e. The Morgan fingerprint density at radius 1 is 1.82 bits per heavy atom. The second kappa shape index (κ2) is 3.02. The number of carbonyl (C=O) groups is 1. The maximum absolute atomic E-state index is 10.5. The number of rotatable bonds is 2. The average molecular weight is 171 g/mol. The highest BCUT2D eigenvalue weighted by Crippen LogP contribution is 2.20. The molecule has 0 spiro atoms. The summed E-state index contributed by atoms with van der Waals surface area (Å²) in [6, 6.07) is 0. The summed E-state index contributed by atoms with van der Waals surface area (Å²) in [6.07, 6.45) is 0. The SMILES string of the molecule is Cc1csc(C(=O)O)c1CN. The van der Waals surface area contributed by atoms with E-state index in [1.165, 1.54) is 11.3 Å². The van der Waals surface area contributed by atoms with Crippen LogP contribution in [0.4, 0.5) is 0 Å². The Morgan fingerprint density at radius 2 is 2.45 bits per heavy atom. The Labute approximate surface area is 68.5 Å². The van der Waals surface area contributed by atoms with Crippen LogP contribution in [0.1, 0.15) is 20.8 Å². The third kappa shape index (κ3) is 1.41. The molecule has 0 atom stereocenters. The lowest BCUT2D eigenvalue weighted by molar-refractivity contribution is 0.0701. The van der Waals surface area contributed by atoms with Crippen molar-refractivity contribution < 1.29 is 9.90 Å². The maximum Gasteiger partial charge on any atom is 0.346 e. The average Bonchev–Trinajstić information content (AvgIpc) is 2.30. The molecule has 0 unspecified atom stereocenters. The molecule has 60 valence electrons. The third-order valence-corrected chi connectivity index (χ3v) is 2.63. The highest BCUT2D eigenvalue weighted by molar-refractivity contribution is 7.12. The van der Waals surface area contributed by atoms with Gasteiger partial charge in [-0.3, -0.25) is 0 Å². The van der Waals surface area contributed by atoms with E-state index in [1.54, 1.807) is 0 Å². The minimum absolute atomic E-state index is 0.303. The summed E-state index contributed by atoms with van der Waals surface area (Å²) in [4.78, 5) is 10.9. The minimum atomic E-state index is -0.886. The number of carboxylic acid groups (broad SMARTS) is 1. The Bertz CT molecular complexity index is 280. The van der Waals surface area contributed by atoms with Crippen molar-refractivity contribution >= 4 is 17.3 Å². The van der Waals surface area contributed by atoms with Gasteiger partial charge in [0.25, 0.3) is 0 Å². The van der Waals surface area contributed by atoms with E-state index in [0.29, 0.717) is 11.4 Å². The van der Waals surface area contributed by atoms with Gasteiger partial charge < -0.3 is 10.8 Å². The van der Waals surface area contributed by atoms with Crippen molar-refractivity contribution in [3.05, 3.63) is 21.4 Å². The summed E-state index contributed by atoms with van der Waals surface area (Å²) in [5.41, 5.74) is 7.10. The van der Waals surface area contributed by atoms with Crippen LogP contribution in [0.15, 0.2) is 5.38 Å². The smallest absolute Gasteiger partial charge is 0.346 e. The van der Waals surface area contributed by atoms with Crippen LogP contribution < -0.4 is 5.73 Å². The monoisotopic (exact) mass is 171 g/mol. The molecule has 1 aromatic heterocycles. The zero-order chi connectivity index (χ0) is 8.43. The third-order valence-electron chi connectivity index (χ3n) is 1.50. The molecule has 0 saturated carbocycles. The van der Waals surface area contributed by atoms with E-state index in [4.69, 9.17) is 10.8 Å². The quantitative estimate of drug-likeness (QED) is 0.703. The van der Waals surface area contributed by atoms with Gasteiger partial charge in [0.2, 0.25) is 0 Å². The van der Waals surface area contributed by atoms with E-state index in [9.17, 15) is 4.79 Å². The van der Waals surface area contributed by atoms with Gasteiger partial charge in [0, 0.05) is 6.54 Å². The lowest BCUT2D eigenvalue weighted by Crippen LogP contribution is -2.04. The van der Waals surface area contributed by atoms with Gasteiger partial charge in [-0.05, 0) is 23.4 Å². The molecule has 0 aromatic carbocycles. The predicted octanol–water partition coefficient (Wildman–Crippen LogP) is 1.21. The van der Waals surface area contributed by atoms with Gasteiger partial charge in [-0.1, -0.05) is 0 Å². The second-order valence-electron chi connectivity index (χ2n) is 2.24. The van der Waals surface area contributed by atoms with Crippen LogP contribution in [0, 0.1) is 6.92 Å². The zero-order valence-electron chi connectivity index (χ0n) is 6.13. The largest absolute Gasteiger partial charge is 0.477 e. The maximum atomic E-state index is 10.5. The van der Waals surface area contributed by atoms with E-state index in [0.717, 1.165) is 11.1 Å². The fraction of sp³-hybridized carbons (Fsp3) is 0.286. The fourth-order valence-electron chi connectivity index (χ4n) is 0.902. The summed E-state index contributed by atoms with van der Waals surface area (Å²) >= 11 is 1.23. The van der Waals surface area contributed by atoms with Gasteiger partial charge in [0.15, 0.2) is 0 Å². The molecular formula is C7H9NO2S. The number of hydrogen-bond acceptors (Lipinski definition) is 3. The van der Waals surface area contributed by atoms with E-state index in [2.05, 4.69) is 0 Å². The highest BCUT2D eigenvalue weighted by Gasteiger charge is 2.12. The van der Waals surface area contributed by atoms with Gasteiger partial charge in [0.05, 0.1) is 0 Å². The van der Waals surface area contributed by atoms with Gasteiger partial charge in [-0.2, -0.15) is 0 Å². The van der Waals surface area contributed by atoms with Crippen molar-refractivity contribution in [3.8, 4) is 0 Å². The van der Waals surface area contributed by atoms with E-state index < -0.39 is 5.97 Å². The van der Waals surface area contributed by atoms with Crippen LogP contribution >= 0.6 is 11.3 Å². The van der Waals surface area contributed by atoms with Crippen LogP contribution in [0.3, 0.4) is 0 Å². The lowest BCUT2D eigenvalue weighted by atomic mass is 10.2. The molecule has 1 heterocycles. The summed E-state index contributed by atoms with van der Waals surface area (Å²) < 4.78 is 0. The normalized spacial score (nSPS) is 10.0. The van der Waals surface area contributed by atoms with E-state index in [1.807, 2.05) is 12.3 Å². The Morgan fingerprint density at radius 3 is 2.82 bits per heavy atom. The van der Waals surface area contributed by atoms with Crippen molar-refractivity contribution in [2.75, 3.05) is 0 Å². The molecule has 0 aliphatic carbocycles. The zero-order valence-corrected chi connectivity index (χ0v) is 6.94. The molecular weight excluding hydrogens is 162 g/mol. The Hall–Kier alpha value is -0.870. The molecule has 11 heavy (non-hydrogen) atoms. The number of hydrogen-bond donors (Lipinski definition) is 2. The van der Waals surface area contributed by atoms with Gasteiger partial charge in [-0.25, -0.2) is 4.79 Å². The Balaban J connectivity index is 3.15. The standard InChI is InChI=1S/C7H9NO2S/c1-4-3-11-6(7(9)10)5(4)2-8/h3H,2,8H2,1H3,(H,9,10). The first-order chi connectivity index (χ1) is 5.16. The molecule has 0 fully saturated rings. The molecule has 0 bridgehead atoms. The summed E-state index contributed by atoms with van der Waals surface area (Å²) in [5, 5.41) is 10.5. The van der Waals surface area contributed by atoms with Gasteiger partial charge in [0.1, 0.15) is 4.88 Å².